The van der Waals surface area contributed by atoms with Crippen molar-refractivity contribution in [2.75, 3.05) is 71.2 Å². The third kappa shape index (κ3) is 15.3. The van der Waals surface area contributed by atoms with Gasteiger partial charge in [-0.2, -0.15) is 0 Å². The molecule has 0 atom stereocenters. The van der Waals surface area contributed by atoms with Crippen LogP contribution in [0.5, 0.6) is 0 Å². The lowest BCUT2D eigenvalue weighted by Gasteiger charge is -2.29. The largest absolute Gasteiger partial charge is 0.465 e. The lowest BCUT2D eigenvalue weighted by Crippen LogP contribution is -2.41. The highest BCUT2D eigenvalue weighted by molar-refractivity contribution is 7.16. The molecule has 61 heavy (non-hydrogen) atoms. The number of nitrogens with zero attached hydrogens (tertiary/aromatic N) is 2. The van der Waals surface area contributed by atoms with E-state index in [0.29, 0.717) is 23.2 Å². The molecule has 2 aliphatic rings. The summed E-state index contributed by atoms with van der Waals surface area (Å²) >= 11 is 1.72. The summed E-state index contributed by atoms with van der Waals surface area (Å²) in [7, 11) is 5.07. The maximum Gasteiger partial charge on any atom is 0.337 e. The highest BCUT2D eigenvalue weighted by atomic mass is 32.1. The van der Waals surface area contributed by atoms with Gasteiger partial charge in [0.1, 0.15) is 11.3 Å². The maximum absolute atomic E-state index is 13.3. The Balaban J connectivity index is 0.000000322. The molecule has 11 heteroatoms. The average Bonchev–Trinajstić information content (AvgIpc) is 3.66. The van der Waals surface area contributed by atoms with Crippen LogP contribution in [0, 0.1) is 12.3 Å². The van der Waals surface area contributed by atoms with Crippen molar-refractivity contribution in [1.82, 2.24) is 9.80 Å². The van der Waals surface area contributed by atoms with E-state index in [1.54, 1.807) is 71.8 Å². The minimum atomic E-state index is -0.321. The lowest BCUT2D eigenvalue weighted by atomic mass is 9.77. The van der Waals surface area contributed by atoms with Gasteiger partial charge in [0.2, 0.25) is 0 Å². The van der Waals surface area contributed by atoms with Crippen molar-refractivity contribution >= 4 is 46.1 Å². The summed E-state index contributed by atoms with van der Waals surface area (Å²) in [5.74, 6) is -0.412. The second kappa shape index (κ2) is 25.4. The molecule has 1 fully saturated rings. The number of allylic oxidation sites excluding steroid dienone is 2. The van der Waals surface area contributed by atoms with Crippen molar-refractivity contribution in [3.63, 3.8) is 0 Å². The zero-order valence-corrected chi connectivity index (χ0v) is 38.3. The Morgan fingerprint density at radius 3 is 2.26 bits per heavy atom. The van der Waals surface area contributed by atoms with Crippen molar-refractivity contribution in [3.8, 4) is 0 Å². The summed E-state index contributed by atoms with van der Waals surface area (Å²) in [4.78, 5) is 53.2. The second-order valence-corrected chi connectivity index (χ2v) is 16.6. The molecule has 2 N–H and O–H groups in total. The quantitative estimate of drug-likeness (QED) is 0.0777. The standard InChI is InChI=1S/C29H34N2O3S.C15H20N2O3.C4H6.C2H6/c1-18-16-22(13-12-20(18)9-6-19-7-10-21(11-8-19)28(33)34-5)31-26(32)25-23-14-15-29(2,3)17-24(23)35-27(25)30-4;1-16(5-6-17-7-9-20-10-8-17)15(19)14-4-2-3-13(11-14)12-18;1-3-4-2;1-2/h7-8,10-13,16,30H,6,9,14-15,17H2,1-5H3,(H,31,32);2-4,11-12H,5-10H2,1H3;3-4H,1-2H2;1-2H3. The van der Waals surface area contributed by atoms with Crippen LogP contribution in [-0.2, 0) is 35.2 Å². The van der Waals surface area contributed by atoms with Crippen LogP contribution in [-0.4, -0.2) is 94.5 Å². The number of anilines is 2. The number of benzene rings is 3. The Kier molecular flexibility index (Phi) is 20.8. The van der Waals surface area contributed by atoms with Crippen molar-refractivity contribution < 1.29 is 28.7 Å². The summed E-state index contributed by atoms with van der Waals surface area (Å²) < 4.78 is 10.1. The maximum atomic E-state index is 13.3. The van der Waals surface area contributed by atoms with E-state index in [4.69, 9.17) is 9.47 Å². The van der Waals surface area contributed by atoms with Crippen LogP contribution >= 0.6 is 11.3 Å². The third-order valence-corrected chi connectivity index (χ3v) is 11.8. The number of carbonyl (C=O) groups is 4. The number of thiophene rings is 1. The van der Waals surface area contributed by atoms with E-state index in [2.05, 4.69) is 61.6 Å². The molecule has 0 bridgehead atoms. The van der Waals surface area contributed by atoms with Crippen LogP contribution in [0.3, 0.4) is 0 Å². The molecular formula is C50H66N4O6S. The summed E-state index contributed by atoms with van der Waals surface area (Å²) in [6.45, 7) is 22.3. The van der Waals surface area contributed by atoms with Crippen molar-refractivity contribution in [1.29, 1.82) is 0 Å². The first-order chi connectivity index (χ1) is 29.3. The first-order valence-corrected chi connectivity index (χ1v) is 21.9. The van der Waals surface area contributed by atoms with Crippen LogP contribution in [0.25, 0.3) is 0 Å². The molecule has 1 aliphatic carbocycles. The highest BCUT2D eigenvalue weighted by Gasteiger charge is 2.32. The summed E-state index contributed by atoms with van der Waals surface area (Å²) in [6, 6.07) is 20.5. The number of carbonyl (C=O) groups excluding carboxylic acids is 4. The number of likely N-dealkylation sites (N-methyl/N-ethyl adjacent to an activating group) is 1. The Morgan fingerprint density at radius 2 is 1.66 bits per heavy atom. The van der Waals surface area contributed by atoms with E-state index >= 15 is 0 Å². The zero-order valence-electron chi connectivity index (χ0n) is 37.5. The number of aryl methyl sites for hydroxylation is 3. The number of aldehydes is 1. The Hall–Kier alpha value is -5.36. The van der Waals surface area contributed by atoms with Gasteiger partial charge in [0, 0.05) is 62.0 Å². The Labute approximate surface area is 368 Å². The molecule has 1 aliphatic heterocycles. The number of fused-ring (bicyclic) bond motifs is 1. The molecule has 1 aromatic heterocycles. The minimum absolute atomic E-state index is 0.0376. The van der Waals surface area contributed by atoms with E-state index in [1.165, 1.54) is 28.7 Å². The van der Waals surface area contributed by atoms with E-state index in [9.17, 15) is 19.2 Å². The summed E-state index contributed by atoms with van der Waals surface area (Å²) in [6.07, 6.45) is 8.85. The third-order valence-electron chi connectivity index (χ3n) is 10.5. The molecule has 4 aromatic rings. The molecule has 1 saturated heterocycles. The predicted molar refractivity (Wildman–Crippen MR) is 252 cm³/mol. The van der Waals surface area contributed by atoms with Gasteiger partial charge >= 0.3 is 5.97 Å². The molecule has 2 heterocycles. The topological polar surface area (TPSA) is 117 Å². The monoisotopic (exact) mass is 850 g/mol. The fraction of sp³-hybridized carbons (Fsp3) is 0.400. The second-order valence-electron chi connectivity index (χ2n) is 15.5. The molecule has 0 unspecified atom stereocenters. The number of nitrogens with one attached hydrogen (secondary N) is 2. The van der Waals surface area contributed by atoms with Crippen molar-refractivity contribution in [2.45, 2.75) is 66.7 Å². The van der Waals surface area contributed by atoms with E-state index in [1.807, 2.05) is 39.1 Å². The summed E-state index contributed by atoms with van der Waals surface area (Å²) in [5, 5.41) is 7.34. The molecule has 2 amide bonds. The van der Waals surface area contributed by atoms with Gasteiger partial charge in [-0.1, -0.05) is 83.3 Å². The smallest absolute Gasteiger partial charge is 0.337 e. The average molecular weight is 851 g/mol. The number of hydrogen-bond acceptors (Lipinski definition) is 9. The van der Waals surface area contributed by atoms with Gasteiger partial charge < -0.3 is 25.0 Å². The predicted octanol–water partition coefficient (Wildman–Crippen LogP) is 9.73. The van der Waals surface area contributed by atoms with Crippen LogP contribution in [0.2, 0.25) is 0 Å². The van der Waals surface area contributed by atoms with Gasteiger partial charge in [-0.15, -0.1) is 11.3 Å². The van der Waals surface area contributed by atoms with Crippen LogP contribution < -0.4 is 10.6 Å². The van der Waals surface area contributed by atoms with Crippen molar-refractivity contribution in [3.05, 3.63) is 141 Å². The Morgan fingerprint density at radius 1 is 0.967 bits per heavy atom. The fourth-order valence-electron chi connectivity index (χ4n) is 6.96. The zero-order chi connectivity index (χ0) is 45.0. The van der Waals surface area contributed by atoms with Crippen LogP contribution in [0.1, 0.15) is 103 Å². The molecule has 0 spiro atoms. The normalized spacial score (nSPS) is 13.8. The van der Waals surface area contributed by atoms with Crippen LogP contribution in [0.15, 0.2) is 92.0 Å². The first-order valence-electron chi connectivity index (χ1n) is 21.1. The molecule has 6 rings (SSSR count). The highest BCUT2D eigenvalue weighted by Crippen LogP contribution is 2.44. The minimum Gasteiger partial charge on any atom is -0.465 e. The van der Waals surface area contributed by atoms with Gasteiger partial charge in [0.25, 0.3) is 11.8 Å². The lowest BCUT2D eigenvalue weighted by molar-refractivity contribution is 0.0338. The molecule has 3 aromatic carbocycles. The number of rotatable bonds is 13. The SMILES string of the molecule is C=CC=C.CC.CN(CCN1CCOCC1)C(=O)c1cccc(C=O)c1.CNc1sc2c(c1C(=O)Nc1ccc(CCc3ccc(C(=O)OC)cc3)c(C)c1)CCC(C)(C)C2. The molecule has 0 radical (unpaired) electrons. The van der Waals surface area contributed by atoms with E-state index in [-0.39, 0.29) is 23.2 Å². The fourth-order valence-corrected chi connectivity index (χ4v) is 8.41. The number of amides is 2. The number of esters is 1. The van der Waals surface area contributed by atoms with Gasteiger partial charge in [-0.25, -0.2) is 4.79 Å². The Bertz CT molecular complexity index is 2060. The van der Waals surface area contributed by atoms with E-state index in [0.717, 1.165) is 93.1 Å². The molecule has 0 saturated carbocycles. The molecule has 10 nitrogen and oxygen atoms in total. The van der Waals surface area contributed by atoms with Gasteiger partial charge in [0.05, 0.1) is 31.5 Å². The number of ether oxygens (including phenoxy) is 2. The van der Waals surface area contributed by atoms with Crippen LogP contribution in [0.4, 0.5) is 10.7 Å². The van der Waals surface area contributed by atoms with E-state index < -0.39 is 0 Å². The number of methoxy groups -OCH3 is 1. The number of morpholine rings is 1. The van der Waals surface area contributed by atoms with Gasteiger partial charge in [-0.3, -0.25) is 19.3 Å². The number of hydrogen-bond donors (Lipinski definition) is 2. The van der Waals surface area contributed by atoms with Gasteiger partial charge in [0.15, 0.2) is 0 Å². The van der Waals surface area contributed by atoms with Crippen molar-refractivity contribution in [2.24, 2.45) is 5.41 Å². The first kappa shape index (κ1) is 50.0. The van der Waals surface area contributed by atoms with Gasteiger partial charge in [-0.05, 0) is 103 Å². The summed E-state index contributed by atoms with van der Waals surface area (Å²) in [5.41, 5.74) is 8.32. The molecule has 328 valence electrons. The molecular weight excluding hydrogens is 785 g/mol.